The van der Waals surface area contributed by atoms with Crippen LogP contribution >= 0.6 is 0 Å². The summed E-state index contributed by atoms with van der Waals surface area (Å²) >= 11 is 0. The van der Waals surface area contributed by atoms with Crippen LogP contribution in [0.3, 0.4) is 0 Å². The molecule has 3 heteroatoms. The molecule has 0 aromatic carbocycles. The molecule has 2 rings (SSSR count). The second-order valence-corrected chi connectivity index (χ2v) is 5.77. The van der Waals surface area contributed by atoms with Crippen LogP contribution in [-0.4, -0.2) is 24.5 Å². The minimum absolute atomic E-state index is 0.471. The molecule has 1 saturated heterocycles. The van der Waals surface area contributed by atoms with Gasteiger partial charge in [-0.05, 0) is 37.1 Å². The second-order valence-electron chi connectivity index (χ2n) is 5.77. The SMILES string of the molecule is CCNCc1ccc(CN2CCC(C)(C)C2)o1. The third-order valence-electron chi connectivity index (χ3n) is 3.40. The third kappa shape index (κ3) is 3.58. The van der Waals surface area contributed by atoms with E-state index in [2.05, 4.69) is 43.1 Å². The van der Waals surface area contributed by atoms with Crippen LogP contribution in [0, 0.1) is 5.41 Å². The molecule has 1 aromatic heterocycles. The Morgan fingerprint density at radius 2 is 2.12 bits per heavy atom. The summed E-state index contributed by atoms with van der Waals surface area (Å²) in [6.07, 6.45) is 1.29. The summed E-state index contributed by atoms with van der Waals surface area (Å²) in [5, 5.41) is 3.28. The monoisotopic (exact) mass is 236 g/mol. The number of nitrogens with one attached hydrogen (secondary N) is 1. The van der Waals surface area contributed by atoms with Crippen molar-refractivity contribution in [3.05, 3.63) is 23.7 Å². The van der Waals surface area contributed by atoms with Gasteiger partial charge in [-0.25, -0.2) is 0 Å². The molecule has 0 aliphatic carbocycles. The lowest BCUT2D eigenvalue weighted by molar-refractivity contribution is 0.260. The van der Waals surface area contributed by atoms with Gasteiger partial charge >= 0.3 is 0 Å². The number of likely N-dealkylation sites (tertiary alicyclic amines) is 1. The van der Waals surface area contributed by atoms with E-state index >= 15 is 0 Å². The minimum Gasteiger partial charge on any atom is -0.463 e. The topological polar surface area (TPSA) is 28.4 Å². The average Bonchev–Trinajstić information content (AvgIpc) is 2.83. The Balaban J connectivity index is 1.85. The first-order valence-electron chi connectivity index (χ1n) is 6.60. The molecule has 17 heavy (non-hydrogen) atoms. The van der Waals surface area contributed by atoms with Gasteiger partial charge in [0, 0.05) is 6.54 Å². The zero-order valence-corrected chi connectivity index (χ0v) is 11.3. The fourth-order valence-corrected chi connectivity index (χ4v) is 2.43. The molecule has 0 radical (unpaired) electrons. The molecule has 1 aromatic rings. The average molecular weight is 236 g/mol. The van der Waals surface area contributed by atoms with E-state index in [1.54, 1.807) is 0 Å². The van der Waals surface area contributed by atoms with Crippen molar-refractivity contribution < 1.29 is 4.42 Å². The molecule has 0 amide bonds. The maximum absolute atomic E-state index is 5.81. The number of furan rings is 1. The minimum atomic E-state index is 0.471. The zero-order chi connectivity index (χ0) is 12.3. The maximum atomic E-state index is 5.81. The van der Waals surface area contributed by atoms with Crippen molar-refractivity contribution in [2.75, 3.05) is 19.6 Å². The number of rotatable bonds is 5. The predicted octanol–water partition coefficient (Wildman–Crippen LogP) is 2.62. The van der Waals surface area contributed by atoms with E-state index in [1.807, 2.05) is 0 Å². The summed E-state index contributed by atoms with van der Waals surface area (Å²) in [6.45, 7) is 11.9. The van der Waals surface area contributed by atoms with Crippen LogP contribution in [0.1, 0.15) is 38.7 Å². The molecule has 1 aliphatic heterocycles. The van der Waals surface area contributed by atoms with Crippen molar-refractivity contribution in [1.82, 2.24) is 10.2 Å². The number of hydrogen-bond acceptors (Lipinski definition) is 3. The highest BCUT2D eigenvalue weighted by Gasteiger charge is 2.29. The van der Waals surface area contributed by atoms with Gasteiger partial charge in [0.25, 0.3) is 0 Å². The Hall–Kier alpha value is -0.800. The smallest absolute Gasteiger partial charge is 0.118 e. The molecule has 96 valence electrons. The highest BCUT2D eigenvalue weighted by Crippen LogP contribution is 2.29. The molecule has 1 N–H and O–H groups in total. The van der Waals surface area contributed by atoms with E-state index in [-0.39, 0.29) is 0 Å². The van der Waals surface area contributed by atoms with Crippen molar-refractivity contribution in [2.24, 2.45) is 5.41 Å². The molecule has 0 saturated carbocycles. The van der Waals surface area contributed by atoms with Crippen LogP contribution in [0.4, 0.5) is 0 Å². The van der Waals surface area contributed by atoms with E-state index in [9.17, 15) is 0 Å². The van der Waals surface area contributed by atoms with Gasteiger partial charge in [0.15, 0.2) is 0 Å². The molecular formula is C14H24N2O. The van der Waals surface area contributed by atoms with Crippen LogP contribution in [0.5, 0.6) is 0 Å². The van der Waals surface area contributed by atoms with Crippen LogP contribution in [0.15, 0.2) is 16.5 Å². The second kappa shape index (κ2) is 5.23. The van der Waals surface area contributed by atoms with Crippen molar-refractivity contribution in [2.45, 2.75) is 40.3 Å². The standard InChI is InChI=1S/C14H24N2O/c1-4-15-9-12-5-6-13(17-12)10-16-8-7-14(2,3)11-16/h5-6,15H,4,7-11H2,1-3H3. The normalized spacial score (nSPS) is 19.9. The first-order chi connectivity index (χ1) is 8.09. The van der Waals surface area contributed by atoms with Gasteiger partial charge in [0.1, 0.15) is 11.5 Å². The number of hydrogen-bond donors (Lipinski definition) is 1. The summed E-state index contributed by atoms with van der Waals surface area (Å²) < 4.78 is 5.81. The summed E-state index contributed by atoms with van der Waals surface area (Å²) in [5.74, 6) is 2.14. The van der Waals surface area contributed by atoms with Crippen molar-refractivity contribution in [3.63, 3.8) is 0 Å². The molecule has 0 unspecified atom stereocenters. The Morgan fingerprint density at radius 3 is 2.76 bits per heavy atom. The van der Waals surface area contributed by atoms with E-state index < -0.39 is 0 Å². The van der Waals surface area contributed by atoms with Crippen LogP contribution in [0.25, 0.3) is 0 Å². The molecule has 0 spiro atoms. The third-order valence-corrected chi connectivity index (χ3v) is 3.40. The van der Waals surface area contributed by atoms with Gasteiger partial charge in [0.05, 0.1) is 13.1 Å². The molecule has 0 atom stereocenters. The first kappa shape index (κ1) is 12.7. The van der Waals surface area contributed by atoms with Crippen molar-refractivity contribution >= 4 is 0 Å². The van der Waals surface area contributed by atoms with Gasteiger partial charge in [-0.15, -0.1) is 0 Å². The van der Waals surface area contributed by atoms with Crippen molar-refractivity contribution in [1.29, 1.82) is 0 Å². The highest BCUT2D eigenvalue weighted by molar-refractivity contribution is 5.07. The lowest BCUT2D eigenvalue weighted by Gasteiger charge is -2.18. The Kier molecular flexibility index (Phi) is 3.89. The zero-order valence-electron chi connectivity index (χ0n) is 11.3. The molecule has 1 fully saturated rings. The molecular weight excluding hydrogens is 212 g/mol. The van der Waals surface area contributed by atoms with E-state index in [0.717, 1.165) is 31.2 Å². The Morgan fingerprint density at radius 1 is 1.35 bits per heavy atom. The molecule has 2 heterocycles. The van der Waals surface area contributed by atoms with Crippen LogP contribution in [0.2, 0.25) is 0 Å². The molecule has 0 bridgehead atoms. The van der Waals surface area contributed by atoms with E-state index in [4.69, 9.17) is 4.42 Å². The highest BCUT2D eigenvalue weighted by atomic mass is 16.3. The predicted molar refractivity (Wildman–Crippen MR) is 69.8 cm³/mol. The van der Waals surface area contributed by atoms with Crippen LogP contribution in [-0.2, 0) is 13.1 Å². The maximum Gasteiger partial charge on any atom is 0.118 e. The van der Waals surface area contributed by atoms with Crippen molar-refractivity contribution in [3.8, 4) is 0 Å². The molecule has 1 aliphatic rings. The number of nitrogens with zero attached hydrogens (tertiary/aromatic N) is 1. The van der Waals surface area contributed by atoms with Gasteiger partial charge < -0.3 is 9.73 Å². The van der Waals surface area contributed by atoms with E-state index in [0.29, 0.717) is 5.41 Å². The van der Waals surface area contributed by atoms with Crippen LogP contribution < -0.4 is 5.32 Å². The fraction of sp³-hybridized carbons (Fsp3) is 0.714. The summed E-state index contributed by atoms with van der Waals surface area (Å²) in [4.78, 5) is 2.48. The Labute approximate surface area is 104 Å². The van der Waals surface area contributed by atoms with Gasteiger partial charge in [-0.3, -0.25) is 4.90 Å². The van der Waals surface area contributed by atoms with Gasteiger partial charge in [-0.1, -0.05) is 20.8 Å². The van der Waals surface area contributed by atoms with Gasteiger partial charge in [0.2, 0.25) is 0 Å². The summed E-state index contributed by atoms with van der Waals surface area (Å²) in [5.41, 5.74) is 0.471. The Bertz CT molecular complexity index is 357. The van der Waals surface area contributed by atoms with Gasteiger partial charge in [-0.2, -0.15) is 0 Å². The lowest BCUT2D eigenvalue weighted by Crippen LogP contribution is -2.22. The fourth-order valence-electron chi connectivity index (χ4n) is 2.43. The van der Waals surface area contributed by atoms with E-state index in [1.165, 1.54) is 19.5 Å². The largest absolute Gasteiger partial charge is 0.463 e. The lowest BCUT2D eigenvalue weighted by atomic mass is 9.93. The quantitative estimate of drug-likeness (QED) is 0.852. The summed E-state index contributed by atoms with van der Waals surface area (Å²) in [7, 11) is 0. The summed E-state index contributed by atoms with van der Waals surface area (Å²) in [6, 6.07) is 4.19. The first-order valence-corrected chi connectivity index (χ1v) is 6.60. The molecule has 3 nitrogen and oxygen atoms in total.